The van der Waals surface area contributed by atoms with Crippen LogP contribution in [0.2, 0.25) is 5.02 Å². The molecule has 4 heteroatoms. The molecule has 2 nitrogen and oxygen atoms in total. The van der Waals surface area contributed by atoms with Crippen molar-refractivity contribution in [2.24, 2.45) is 0 Å². The van der Waals surface area contributed by atoms with Crippen molar-refractivity contribution in [3.63, 3.8) is 0 Å². The Labute approximate surface area is 112 Å². The minimum absolute atomic E-state index is 0.335. The number of nitrogens with one attached hydrogen (secondary N) is 1. The van der Waals surface area contributed by atoms with Crippen molar-refractivity contribution in [2.45, 2.75) is 38.1 Å². The first-order valence-corrected chi connectivity index (χ1v) is 6.95. The number of rotatable bonds is 8. The molecular weight excluding hydrogens is 253 g/mol. The van der Waals surface area contributed by atoms with E-state index in [-0.39, 0.29) is 5.82 Å². The van der Waals surface area contributed by atoms with Gasteiger partial charge in [0.1, 0.15) is 11.6 Å². The number of halogens is 2. The lowest BCUT2D eigenvalue weighted by Gasteiger charge is -2.08. The van der Waals surface area contributed by atoms with E-state index in [1.165, 1.54) is 31.4 Å². The van der Waals surface area contributed by atoms with Crippen molar-refractivity contribution in [1.82, 2.24) is 5.32 Å². The van der Waals surface area contributed by atoms with Gasteiger partial charge in [0.15, 0.2) is 0 Å². The van der Waals surface area contributed by atoms with Crippen molar-refractivity contribution in [2.75, 3.05) is 13.2 Å². The lowest BCUT2D eigenvalue weighted by molar-refractivity contribution is 0.304. The van der Waals surface area contributed by atoms with E-state index in [1.54, 1.807) is 6.07 Å². The molecule has 0 heterocycles. The van der Waals surface area contributed by atoms with Crippen molar-refractivity contribution < 1.29 is 9.13 Å². The first-order valence-electron chi connectivity index (χ1n) is 6.57. The molecule has 0 radical (unpaired) electrons. The number of hydrogen-bond acceptors (Lipinski definition) is 2. The van der Waals surface area contributed by atoms with Crippen LogP contribution < -0.4 is 10.1 Å². The summed E-state index contributed by atoms with van der Waals surface area (Å²) in [5.74, 6) is 0.229. The second-order valence-corrected chi connectivity index (χ2v) is 5.12. The fraction of sp³-hybridized carbons (Fsp3) is 0.571. The van der Waals surface area contributed by atoms with Crippen molar-refractivity contribution in [3.8, 4) is 5.75 Å². The maximum Gasteiger partial charge on any atom is 0.138 e. The van der Waals surface area contributed by atoms with Gasteiger partial charge in [0.2, 0.25) is 0 Å². The van der Waals surface area contributed by atoms with E-state index in [4.69, 9.17) is 16.3 Å². The van der Waals surface area contributed by atoms with E-state index in [9.17, 15) is 4.39 Å². The maximum atomic E-state index is 12.8. The lowest BCUT2D eigenvalue weighted by atomic mass is 10.2. The zero-order valence-electron chi connectivity index (χ0n) is 10.4. The van der Waals surface area contributed by atoms with Gasteiger partial charge in [-0.15, -0.1) is 0 Å². The third-order valence-corrected chi connectivity index (χ3v) is 3.28. The lowest BCUT2D eigenvalue weighted by Crippen LogP contribution is -2.17. The Bertz CT molecular complexity index is 382. The van der Waals surface area contributed by atoms with Gasteiger partial charge in [0.25, 0.3) is 0 Å². The molecule has 0 amide bonds. The van der Waals surface area contributed by atoms with Gasteiger partial charge in [0.05, 0.1) is 11.6 Å². The summed E-state index contributed by atoms with van der Waals surface area (Å²) >= 11 is 5.86. The summed E-state index contributed by atoms with van der Waals surface area (Å²) in [6.45, 7) is 1.73. The van der Waals surface area contributed by atoms with Gasteiger partial charge >= 0.3 is 0 Å². The normalized spacial score (nSPS) is 14.8. The van der Waals surface area contributed by atoms with Crippen molar-refractivity contribution in [3.05, 3.63) is 29.0 Å². The van der Waals surface area contributed by atoms with E-state index in [1.807, 2.05) is 0 Å². The topological polar surface area (TPSA) is 21.3 Å². The molecule has 0 aliphatic heterocycles. The Morgan fingerprint density at radius 1 is 1.28 bits per heavy atom. The van der Waals surface area contributed by atoms with Gasteiger partial charge in [-0.3, -0.25) is 0 Å². The van der Waals surface area contributed by atoms with Crippen LogP contribution >= 0.6 is 11.6 Å². The molecule has 0 saturated heterocycles. The molecule has 18 heavy (non-hydrogen) atoms. The fourth-order valence-corrected chi connectivity index (χ4v) is 1.99. The van der Waals surface area contributed by atoms with Gasteiger partial charge in [0, 0.05) is 6.04 Å². The largest absolute Gasteiger partial charge is 0.492 e. The van der Waals surface area contributed by atoms with Crippen molar-refractivity contribution in [1.29, 1.82) is 0 Å². The van der Waals surface area contributed by atoms with Gasteiger partial charge in [-0.1, -0.05) is 11.6 Å². The summed E-state index contributed by atoms with van der Waals surface area (Å²) in [6, 6.07) is 5.00. The zero-order valence-corrected chi connectivity index (χ0v) is 11.2. The molecule has 2 rings (SSSR count). The molecule has 0 bridgehead atoms. The van der Waals surface area contributed by atoms with Crippen molar-refractivity contribution >= 4 is 11.6 Å². The third kappa shape index (κ3) is 4.83. The van der Waals surface area contributed by atoms with Crippen LogP contribution in [0, 0.1) is 5.82 Å². The number of benzene rings is 1. The minimum Gasteiger partial charge on any atom is -0.492 e. The van der Waals surface area contributed by atoms with Gasteiger partial charge in [-0.2, -0.15) is 0 Å². The Balaban J connectivity index is 1.53. The van der Waals surface area contributed by atoms with Gasteiger partial charge in [-0.25, -0.2) is 4.39 Å². The number of hydrogen-bond donors (Lipinski definition) is 1. The molecule has 1 fully saturated rings. The molecule has 1 aromatic rings. The van der Waals surface area contributed by atoms with Crippen LogP contribution in [0.4, 0.5) is 4.39 Å². The molecule has 0 atom stereocenters. The fourth-order valence-electron chi connectivity index (χ4n) is 1.77. The molecule has 0 unspecified atom stereocenters. The third-order valence-electron chi connectivity index (χ3n) is 2.98. The average molecular weight is 272 g/mol. The highest BCUT2D eigenvalue weighted by Gasteiger charge is 2.19. The number of unbranched alkanes of at least 4 members (excludes halogenated alkanes) is 2. The summed E-state index contributed by atoms with van der Waals surface area (Å²) in [6.07, 6.45) is 5.99. The Morgan fingerprint density at radius 3 is 2.83 bits per heavy atom. The molecular formula is C14H19ClFNO. The van der Waals surface area contributed by atoms with Crippen LogP contribution in [0.25, 0.3) is 0 Å². The summed E-state index contributed by atoms with van der Waals surface area (Å²) in [7, 11) is 0. The molecule has 0 spiro atoms. The summed E-state index contributed by atoms with van der Waals surface area (Å²) in [5, 5.41) is 3.82. The van der Waals surface area contributed by atoms with Gasteiger partial charge in [-0.05, 0) is 56.8 Å². The first kappa shape index (κ1) is 13.6. The Hall–Kier alpha value is -0.800. The molecule has 100 valence electrons. The minimum atomic E-state index is -0.335. The second-order valence-electron chi connectivity index (χ2n) is 4.71. The Morgan fingerprint density at radius 2 is 2.11 bits per heavy atom. The van der Waals surface area contributed by atoms with E-state index in [0.29, 0.717) is 17.4 Å². The molecule has 1 saturated carbocycles. The van der Waals surface area contributed by atoms with E-state index < -0.39 is 0 Å². The highest BCUT2D eigenvalue weighted by atomic mass is 35.5. The predicted molar refractivity (Wildman–Crippen MR) is 71.8 cm³/mol. The summed E-state index contributed by atoms with van der Waals surface area (Å²) in [4.78, 5) is 0. The Kier molecular flexibility index (Phi) is 5.26. The second kappa shape index (κ2) is 6.95. The maximum absolute atomic E-state index is 12.8. The SMILES string of the molecule is Fc1ccc(OCCCCCNC2CC2)c(Cl)c1. The summed E-state index contributed by atoms with van der Waals surface area (Å²) < 4.78 is 18.3. The molecule has 1 aromatic carbocycles. The van der Waals surface area contributed by atoms with Crippen LogP contribution in [-0.2, 0) is 0 Å². The van der Waals surface area contributed by atoms with Gasteiger partial charge < -0.3 is 10.1 Å². The average Bonchev–Trinajstić information content (AvgIpc) is 3.14. The zero-order chi connectivity index (χ0) is 12.8. The monoisotopic (exact) mass is 271 g/mol. The molecule has 1 aliphatic rings. The van der Waals surface area contributed by atoms with Crippen LogP contribution in [0.3, 0.4) is 0 Å². The van der Waals surface area contributed by atoms with E-state index >= 15 is 0 Å². The van der Waals surface area contributed by atoms with Crippen LogP contribution in [0.5, 0.6) is 5.75 Å². The summed E-state index contributed by atoms with van der Waals surface area (Å²) in [5.41, 5.74) is 0. The standard InChI is InChI=1S/C14H19ClFNO/c15-13-10-11(16)4-7-14(13)18-9-3-1-2-8-17-12-5-6-12/h4,7,10,12,17H,1-3,5-6,8-9H2. The van der Waals surface area contributed by atoms with Crippen LogP contribution in [-0.4, -0.2) is 19.2 Å². The van der Waals surface area contributed by atoms with E-state index in [2.05, 4.69) is 5.32 Å². The molecule has 0 aromatic heterocycles. The molecule has 1 N–H and O–H groups in total. The smallest absolute Gasteiger partial charge is 0.138 e. The highest BCUT2D eigenvalue weighted by Crippen LogP contribution is 2.25. The quantitative estimate of drug-likeness (QED) is 0.727. The molecule has 1 aliphatic carbocycles. The first-order chi connectivity index (χ1) is 8.75. The van der Waals surface area contributed by atoms with E-state index in [0.717, 1.165) is 25.4 Å². The predicted octanol–water partition coefficient (Wildman–Crippen LogP) is 3.78. The highest BCUT2D eigenvalue weighted by molar-refractivity contribution is 6.32. The van der Waals surface area contributed by atoms with Crippen LogP contribution in [0.15, 0.2) is 18.2 Å². The van der Waals surface area contributed by atoms with Crippen LogP contribution in [0.1, 0.15) is 32.1 Å². The number of ether oxygens (including phenoxy) is 1.